The smallest absolute Gasteiger partial charge is 0.300 e. The van der Waals surface area contributed by atoms with E-state index >= 15 is 0 Å². The lowest BCUT2D eigenvalue weighted by Crippen LogP contribution is -2.29. The van der Waals surface area contributed by atoms with Crippen LogP contribution in [0.4, 0.5) is 5.69 Å². The highest BCUT2D eigenvalue weighted by Gasteiger charge is 2.47. The minimum atomic E-state index is -1.06. The Labute approximate surface area is 218 Å². The number of phenolic OH excluding ortho intramolecular Hbond substituents is 1. The van der Waals surface area contributed by atoms with Gasteiger partial charge in [0.05, 0.1) is 30.9 Å². The van der Waals surface area contributed by atoms with Gasteiger partial charge in [0.2, 0.25) is 0 Å². The first kappa shape index (κ1) is 25.4. The number of Topliss-reactive ketones (excluding diaryl/α,β-unsaturated/α-hetero) is 1. The van der Waals surface area contributed by atoms with Gasteiger partial charge in [0, 0.05) is 15.7 Å². The van der Waals surface area contributed by atoms with Crippen LogP contribution in [0.25, 0.3) is 5.76 Å². The molecule has 0 radical (unpaired) electrons. The van der Waals surface area contributed by atoms with Gasteiger partial charge in [-0.05, 0) is 67.4 Å². The maximum absolute atomic E-state index is 13.4. The Morgan fingerprint density at radius 1 is 1.03 bits per heavy atom. The molecule has 0 bridgehead atoms. The second kappa shape index (κ2) is 10.1. The Kier molecular flexibility index (Phi) is 7.15. The molecule has 1 heterocycles. The van der Waals surface area contributed by atoms with Crippen molar-refractivity contribution in [3.8, 4) is 17.2 Å². The zero-order valence-corrected chi connectivity index (χ0v) is 21.2. The first-order chi connectivity index (χ1) is 17.2. The van der Waals surface area contributed by atoms with Crippen molar-refractivity contribution in [1.82, 2.24) is 0 Å². The van der Waals surface area contributed by atoms with Crippen LogP contribution in [0.1, 0.15) is 29.7 Å². The van der Waals surface area contributed by atoms with E-state index in [0.717, 1.165) is 5.56 Å². The molecule has 1 aliphatic rings. The van der Waals surface area contributed by atoms with E-state index < -0.39 is 23.5 Å². The number of anilines is 1. The first-order valence-corrected chi connectivity index (χ1v) is 11.8. The van der Waals surface area contributed by atoms with E-state index in [1.807, 2.05) is 6.92 Å². The molecule has 0 spiro atoms. The number of amides is 1. The van der Waals surface area contributed by atoms with E-state index in [2.05, 4.69) is 0 Å². The Morgan fingerprint density at radius 3 is 2.44 bits per heavy atom. The fraction of sp³-hybridized carbons (Fsp3) is 0.185. The first-order valence-electron chi connectivity index (χ1n) is 11.0. The summed E-state index contributed by atoms with van der Waals surface area (Å²) in [4.78, 5) is 28.0. The van der Waals surface area contributed by atoms with Crippen LogP contribution < -0.4 is 14.4 Å². The molecule has 36 heavy (non-hydrogen) atoms. The number of phenols is 1. The quantitative estimate of drug-likeness (QED) is 0.230. The highest BCUT2D eigenvalue weighted by molar-refractivity contribution is 6.52. The predicted molar refractivity (Wildman–Crippen MR) is 138 cm³/mol. The number of halogens is 2. The van der Waals surface area contributed by atoms with Gasteiger partial charge in [0.15, 0.2) is 11.5 Å². The number of aliphatic hydroxyl groups is 1. The molecule has 0 aliphatic carbocycles. The maximum Gasteiger partial charge on any atom is 0.300 e. The number of aromatic hydroxyl groups is 1. The highest BCUT2D eigenvalue weighted by Crippen LogP contribution is 2.45. The van der Waals surface area contributed by atoms with E-state index in [9.17, 15) is 19.8 Å². The van der Waals surface area contributed by atoms with E-state index in [-0.39, 0.29) is 35.0 Å². The predicted octanol–water partition coefficient (Wildman–Crippen LogP) is 6.04. The van der Waals surface area contributed by atoms with Crippen molar-refractivity contribution >= 4 is 46.3 Å². The van der Waals surface area contributed by atoms with Crippen molar-refractivity contribution in [3.05, 3.63) is 86.9 Å². The number of hydrogen-bond donors (Lipinski definition) is 2. The highest BCUT2D eigenvalue weighted by atomic mass is 35.5. The molecular weight excluding hydrogens is 505 g/mol. The molecule has 1 saturated heterocycles. The molecule has 7 nitrogen and oxygen atoms in total. The standard InChI is InChI=1S/C27H23Cl2NO6/c1-4-36-22-11-15(6-9-20(22)31)24-23(25(32)18-12-16(28)7-10-21(18)35-3)26(33)27(34)30(24)17-8-5-14(2)19(29)13-17/h5-13,24,31-32H,4H2,1-3H3/b25-23+. The summed E-state index contributed by atoms with van der Waals surface area (Å²) in [6, 6.07) is 13.0. The molecule has 3 aromatic rings. The SMILES string of the molecule is CCOc1cc(C2/C(=C(\O)c3cc(Cl)ccc3OC)C(=O)C(=O)N2c2ccc(C)c(Cl)c2)ccc1O. The Bertz CT molecular complexity index is 1400. The third-order valence-corrected chi connectivity index (χ3v) is 6.54. The number of carbonyl (C=O) groups excluding carboxylic acids is 2. The zero-order valence-electron chi connectivity index (χ0n) is 19.7. The topological polar surface area (TPSA) is 96.3 Å². The van der Waals surface area contributed by atoms with Crippen LogP contribution in [0.3, 0.4) is 0 Å². The number of aryl methyl sites for hydroxylation is 1. The van der Waals surface area contributed by atoms with Gasteiger partial charge in [0.25, 0.3) is 11.7 Å². The molecule has 4 rings (SSSR count). The Morgan fingerprint density at radius 2 is 1.78 bits per heavy atom. The minimum Gasteiger partial charge on any atom is -0.507 e. The largest absolute Gasteiger partial charge is 0.507 e. The van der Waals surface area contributed by atoms with E-state index in [0.29, 0.717) is 21.3 Å². The minimum absolute atomic E-state index is 0.104. The van der Waals surface area contributed by atoms with E-state index in [1.165, 1.54) is 30.2 Å². The van der Waals surface area contributed by atoms with Crippen LogP contribution >= 0.6 is 23.2 Å². The van der Waals surface area contributed by atoms with Crippen molar-refractivity contribution < 1.29 is 29.3 Å². The molecule has 0 saturated carbocycles. The lowest BCUT2D eigenvalue weighted by molar-refractivity contribution is -0.132. The molecule has 9 heteroatoms. The fourth-order valence-electron chi connectivity index (χ4n) is 4.13. The van der Waals surface area contributed by atoms with Crippen molar-refractivity contribution in [2.24, 2.45) is 0 Å². The number of aliphatic hydroxyl groups excluding tert-OH is 1. The summed E-state index contributed by atoms with van der Waals surface area (Å²) in [6.45, 7) is 3.86. The molecule has 1 unspecified atom stereocenters. The number of hydrogen-bond acceptors (Lipinski definition) is 6. The summed E-state index contributed by atoms with van der Waals surface area (Å²) in [7, 11) is 1.42. The van der Waals surface area contributed by atoms with Gasteiger partial charge in [-0.15, -0.1) is 0 Å². The van der Waals surface area contributed by atoms with Crippen molar-refractivity contribution in [3.63, 3.8) is 0 Å². The number of ether oxygens (including phenoxy) is 2. The number of nitrogens with zero attached hydrogens (tertiary/aromatic N) is 1. The molecular formula is C27H23Cl2NO6. The van der Waals surface area contributed by atoms with Gasteiger partial charge in [-0.2, -0.15) is 0 Å². The zero-order chi connectivity index (χ0) is 26.1. The Balaban J connectivity index is 2.01. The van der Waals surface area contributed by atoms with Crippen LogP contribution in [0.5, 0.6) is 17.2 Å². The summed E-state index contributed by atoms with van der Waals surface area (Å²) in [5.74, 6) is -1.88. The number of carbonyl (C=O) groups is 2. The van der Waals surface area contributed by atoms with Gasteiger partial charge in [-0.25, -0.2) is 0 Å². The Hall–Kier alpha value is -3.68. The van der Waals surface area contributed by atoms with Gasteiger partial charge in [-0.1, -0.05) is 35.3 Å². The summed E-state index contributed by atoms with van der Waals surface area (Å²) in [6.07, 6.45) is 0. The van der Waals surface area contributed by atoms with Crippen LogP contribution in [-0.4, -0.2) is 35.6 Å². The van der Waals surface area contributed by atoms with E-state index in [1.54, 1.807) is 43.3 Å². The van der Waals surface area contributed by atoms with Gasteiger partial charge in [-0.3, -0.25) is 14.5 Å². The number of methoxy groups -OCH3 is 1. The fourth-order valence-corrected chi connectivity index (χ4v) is 4.47. The number of ketones is 1. The summed E-state index contributed by atoms with van der Waals surface area (Å²) < 4.78 is 10.9. The molecule has 1 amide bonds. The van der Waals surface area contributed by atoms with Gasteiger partial charge in [0.1, 0.15) is 11.5 Å². The number of rotatable bonds is 6. The summed E-state index contributed by atoms with van der Waals surface area (Å²) in [5.41, 5.74) is 1.56. The number of benzene rings is 3. The second-order valence-electron chi connectivity index (χ2n) is 8.11. The molecule has 0 aromatic heterocycles. The van der Waals surface area contributed by atoms with Gasteiger partial charge >= 0.3 is 0 Å². The normalized spacial score (nSPS) is 16.9. The van der Waals surface area contributed by atoms with Crippen LogP contribution in [-0.2, 0) is 9.59 Å². The summed E-state index contributed by atoms with van der Waals surface area (Å²) >= 11 is 12.5. The molecule has 186 valence electrons. The second-order valence-corrected chi connectivity index (χ2v) is 8.95. The lowest BCUT2D eigenvalue weighted by Gasteiger charge is -2.26. The lowest BCUT2D eigenvalue weighted by atomic mass is 9.94. The molecule has 1 aliphatic heterocycles. The third kappa shape index (κ3) is 4.47. The van der Waals surface area contributed by atoms with Crippen LogP contribution in [0.2, 0.25) is 10.0 Å². The van der Waals surface area contributed by atoms with Crippen molar-refractivity contribution in [1.29, 1.82) is 0 Å². The maximum atomic E-state index is 13.4. The third-order valence-electron chi connectivity index (χ3n) is 5.89. The average Bonchev–Trinajstić information content (AvgIpc) is 3.12. The van der Waals surface area contributed by atoms with Crippen LogP contribution in [0.15, 0.2) is 60.2 Å². The molecule has 2 N–H and O–H groups in total. The van der Waals surface area contributed by atoms with E-state index in [4.69, 9.17) is 32.7 Å². The molecule has 3 aromatic carbocycles. The monoisotopic (exact) mass is 527 g/mol. The van der Waals surface area contributed by atoms with Crippen LogP contribution in [0, 0.1) is 6.92 Å². The summed E-state index contributed by atoms with van der Waals surface area (Å²) in [5, 5.41) is 22.3. The van der Waals surface area contributed by atoms with Crippen molar-refractivity contribution in [2.45, 2.75) is 19.9 Å². The van der Waals surface area contributed by atoms with Gasteiger partial charge < -0.3 is 19.7 Å². The molecule has 1 atom stereocenters. The van der Waals surface area contributed by atoms with Crippen molar-refractivity contribution in [2.75, 3.05) is 18.6 Å². The average molecular weight is 528 g/mol. The molecule has 1 fully saturated rings.